The van der Waals surface area contributed by atoms with Crippen molar-refractivity contribution >= 4 is 15.7 Å². The number of hydrogen-bond donors (Lipinski definition) is 1. The van der Waals surface area contributed by atoms with E-state index in [9.17, 15) is 8.42 Å². The molecule has 0 saturated carbocycles. The first-order chi connectivity index (χ1) is 12.2. The lowest BCUT2D eigenvalue weighted by Gasteiger charge is -2.32. The van der Waals surface area contributed by atoms with E-state index in [1.54, 1.807) is 37.8 Å². The maximum atomic E-state index is 12.7. The number of methoxy groups -OCH3 is 1. The average molecular weight is 380 g/mol. The van der Waals surface area contributed by atoms with Crippen LogP contribution >= 0.6 is 0 Å². The molecular formula is C17H24N4O4S. The van der Waals surface area contributed by atoms with Crippen LogP contribution < -0.4 is 14.2 Å². The molecule has 1 aliphatic heterocycles. The third-order valence-electron chi connectivity index (χ3n) is 4.63. The second-order valence-corrected chi connectivity index (χ2v) is 8.23. The van der Waals surface area contributed by atoms with Crippen molar-refractivity contribution in [1.82, 2.24) is 14.5 Å². The number of hydrogen-bond acceptors (Lipinski definition) is 6. The fourth-order valence-electron chi connectivity index (χ4n) is 2.90. The van der Waals surface area contributed by atoms with Crippen molar-refractivity contribution in [2.75, 3.05) is 32.5 Å². The Kier molecular flexibility index (Phi) is 4.85. The van der Waals surface area contributed by atoms with Gasteiger partial charge in [0, 0.05) is 24.8 Å². The Bertz CT molecular complexity index is 902. The smallest absolute Gasteiger partial charge is 0.281 e. The van der Waals surface area contributed by atoms with Gasteiger partial charge in [-0.2, -0.15) is 8.42 Å². The summed E-state index contributed by atoms with van der Waals surface area (Å²) in [6.07, 6.45) is 2.19. The van der Waals surface area contributed by atoms with E-state index < -0.39 is 10.0 Å². The fraction of sp³-hybridized carbons (Fsp3) is 0.471. The van der Waals surface area contributed by atoms with Crippen molar-refractivity contribution in [3.63, 3.8) is 0 Å². The predicted octanol–water partition coefficient (Wildman–Crippen LogP) is 1.40. The lowest BCUT2D eigenvalue weighted by Crippen LogP contribution is -2.38. The highest BCUT2D eigenvalue weighted by molar-refractivity contribution is 7.92. The zero-order chi connectivity index (χ0) is 19.1. The lowest BCUT2D eigenvalue weighted by atomic mass is 10.00. The van der Waals surface area contributed by atoms with Gasteiger partial charge in [0.2, 0.25) is 0 Å². The monoisotopic (exact) mass is 380 g/mol. The van der Waals surface area contributed by atoms with Crippen LogP contribution in [0.5, 0.6) is 11.5 Å². The molecule has 1 aliphatic rings. The van der Waals surface area contributed by atoms with Crippen molar-refractivity contribution in [2.24, 2.45) is 7.05 Å². The van der Waals surface area contributed by atoms with Gasteiger partial charge in [-0.15, -0.1) is 0 Å². The molecule has 142 valence electrons. The summed E-state index contributed by atoms with van der Waals surface area (Å²) < 4.78 is 41.0. The summed E-state index contributed by atoms with van der Waals surface area (Å²) in [6, 6.07) is 3.60. The third kappa shape index (κ3) is 3.36. The van der Waals surface area contributed by atoms with E-state index in [1.807, 2.05) is 14.1 Å². The van der Waals surface area contributed by atoms with Crippen LogP contribution in [0, 0.1) is 6.92 Å². The fourth-order valence-corrected chi connectivity index (χ4v) is 4.00. The molecular weight excluding hydrogens is 356 g/mol. The number of sulfonamides is 1. The van der Waals surface area contributed by atoms with E-state index in [1.165, 1.54) is 6.20 Å². The molecule has 8 nitrogen and oxygen atoms in total. The number of likely N-dealkylation sites (N-methyl/N-ethyl adjacent to an activating group) is 1. The number of aromatic nitrogens is 2. The second kappa shape index (κ2) is 6.81. The topological polar surface area (TPSA) is 85.7 Å². The Morgan fingerprint density at radius 1 is 1.38 bits per heavy atom. The van der Waals surface area contributed by atoms with Gasteiger partial charge in [0.25, 0.3) is 10.0 Å². The first kappa shape index (κ1) is 18.5. The highest BCUT2D eigenvalue weighted by Crippen LogP contribution is 2.40. The predicted molar refractivity (Wildman–Crippen MR) is 98.4 cm³/mol. The summed E-state index contributed by atoms with van der Waals surface area (Å²) in [7, 11) is 3.51. The van der Waals surface area contributed by atoms with Crippen LogP contribution in [0.3, 0.4) is 0 Å². The van der Waals surface area contributed by atoms with Crippen molar-refractivity contribution < 1.29 is 17.9 Å². The number of fused-ring (bicyclic) bond motifs is 1. The molecule has 0 unspecified atom stereocenters. The van der Waals surface area contributed by atoms with Crippen LogP contribution in [0.25, 0.3) is 0 Å². The van der Waals surface area contributed by atoms with Crippen molar-refractivity contribution in [3.05, 3.63) is 29.7 Å². The third-order valence-corrected chi connectivity index (χ3v) is 5.87. The normalized spacial score (nSPS) is 16.9. The molecule has 1 aromatic carbocycles. The molecule has 3 rings (SSSR count). The van der Waals surface area contributed by atoms with Gasteiger partial charge in [-0.3, -0.25) is 4.72 Å². The van der Waals surface area contributed by atoms with E-state index in [2.05, 4.69) is 14.6 Å². The summed E-state index contributed by atoms with van der Waals surface area (Å²) in [5, 5.41) is -0.0240. The number of rotatable bonds is 5. The van der Waals surface area contributed by atoms with Crippen molar-refractivity contribution in [1.29, 1.82) is 0 Å². The first-order valence-corrected chi connectivity index (χ1v) is 9.73. The summed E-state index contributed by atoms with van der Waals surface area (Å²) in [5.41, 5.74) is 1.25. The minimum Gasteiger partial charge on any atom is -0.496 e. The Morgan fingerprint density at radius 3 is 2.69 bits per heavy atom. The van der Waals surface area contributed by atoms with E-state index >= 15 is 0 Å². The maximum Gasteiger partial charge on any atom is 0.281 e. The Balaban J connectivity index is 1.98. The zero-order valence-electron chi connectivity index (χ0n) is 15.6. The lowest BCUT2D eigenvalue weighted by molar-refractivity contribution is 0.164. The van der Waals surface area contributed by atoms with Gasteiger partial charge in [0.15, 0.2) is 5.03 Å². The molecule has 1 atom stereocenters. The second-order valence-electron chi connectivity index (χ2n) is 6.60. The SMILES string of the molecule is COc1ccc(NS(=O)(=O)c2cn(C)c(C)n2)c2c1C[C@@H](N(C)C)CO2. The number of nitrogens with one attached hydrogen (secondary N) is 1. The standard InChI is InChI=1S/C17H24N4O4S/c1-11-18-16(9-21(11)4)26(22,23)19-14-6-7-15(24-5)13-8-12(20(2)3)10-25-17(13)14/h6-7,9,12,19H,8,10H2,1-5H3/t12-/m1/s1. The molecule has 0 bridgehead atoms. The van der Waals surface area contributed by atoms with Crippen LogP contribution in [0.4, 0.5) is 5.69 Å². The molecule has 26 heavy (non-hydrogen) atoms. The number of anilines is 1. The molecule has 9 heteroatoms. The van der Waals surface area contributed by atoms with Crippen molar-refractivity contribution in [3.8, 4) is 11.5 Å². The van der Waals surface area contributed by atoms with Crippen LogP contribution in [0.1, 0.15) is 11.4 Å². The Morgan fingerprint density at radius 2 is 2.12 bits per heavy atom. The number of nitrogens with zero attached hydrogens (tertiary/aromatic N) is 3. The number of ether oxygens (including phenoxy) is 2. The number of aryl methyl sites for hydroxylation is 2. The van der Waals surface area contributed by atoms with E-state index in [4.69, 9.17) is 9.47 Å². The summed E-state index contributed by atoms with van der Waals surface area (Å²) in [5.74, 6) is 1.81. The molecule has 0 spiro atoms. The molecule has 2 aromatic rings. The van der Waals surface area contributed by atoms with Crippen LogP contribution in [-0.2, 0) is 23.5 Å². The molecule has 1 aromatic heterocycles. The van der Waals surface area contributed by atoms with Crippen LogP contribution in [0.2, 0.25) is 0 Å². The average Bonchev–Trinajstić information content (AvgIpc) is 2.94. The number of imidazole rings is 1. The van der Waals surface area contributed by atoms with Gasteiger partial charge < -0.3 is 18.9 Å². The van der Waals surface area contributed by atoms with E-state index in [-0.39, 0.29) is 11.1 Å². The van der Waals surface area contributed by atoms with Gasteiger partial charge >= 0.3 is 0 Å². The zero-order valence-corrected chi connectivity index (χ0v) is 16.4. The number of benzene rings is 1. The van der Waals surface area contributed by atoms with E-state index in [0.29, 0.717) is 36.0 Å². The summed E-state index contributed by atoms with van der Waals surface area (Å²) in [6.45, 7) is 2.23. The van der Waals surface area contributed by atoms with Crippen LogP contribution in [0.15, 0.2) is 23.4 Å². The largest absolute Gasteiger partial charge is 0.496 e. The molecule has 0 aliphatic carbocycles. The Labute approximate surface area is 153 Å². The minimum absolute atomic E-state index is 0.0240. The van der Waals surface area contributed by atoms with Gasteiger partial charge in [0.1, 0.15) is 23.9 Å². The maximum absolute atomic E-state index is 12.7. The van der Waals surface area contributed by atoms with Gasteiger partial charge in [-0.05, 0) is 39.6 Å². The van der Waals surface area contributed by atoms with Gasteiger partial charge in [0.05, 0.1) is 12.8 Å². The molecule has 0 saturated heterocycles. The quantitative estimate of drug-likeness (QED) is 0.844. The summed E-state index contributed by atoms with van der Waals surface area (Å²) in [4.78, 5) is 6.18. The van der Waals surface area contributed by atoms with Gasteiger partial charge in [-0.1, -0.05) is 0 Å². The molecule has 0 fully saturated rings. The van der Waals surface area contributed by atoms with Crippen molar-refractivity contribution in [2.45, 2.75) is 24.4 Å². The highest BCUT2D eigenvalue weighted by Gasteiger charge is 2.29. The molecule has 0 amide bonds. The molecule has 2 heterocycles. The van der Waals surface area contributed by atoms with E-state index in [0.717, 1.165) is 5.56 Å². The Hall–Kier alpha value is -2.26. The summed E-state index contributed by atoms with van der Waals surface area (Å²) >= 11 is 0. The molecule has 0 radical (unpaired) electrons. The van der Waals surface area contributed by atoms with Crippen LogP contribution in [-0.4, -0.2) is 56.7 Å². The highest BCUT2D eigenvalue weighted by atomic mass is 32.2. The first-order valence-electron chi connectivity index (χ1n) is 8.25. The molecule has 1 N–H and O–H groups in total. The van der Waals surface area contributed by atoms with Gasteiger partial charge in [-0.25, -0.2) is 4.98 Å². The minimum atomic E-state index is -3.81.